The molecule has 0 aliphatic carbocycles. The van der Waals surface area contributed by atoms with Gasteiger partial charge in [0.1, 0.15) is 0 Å². The smallest absolute Gasteiger partial charge is 0.244 e. The highest BCUT2D eigenvalue weighted by atomic mass is 32.1. The molecule has 0 saturated heterocycles. The summed E-state index contributed by atoms with van der Waals surface area (Å²) < 4.78 is 0. The van der Waals surface area contributed by atoms with Crippen LogP contribution in [0.15, 0.2) is 0 Å². The lowest BCUT2D eigenvalue weighted by Gasteiger charge is -2.10. The fourth-order valence-electron chi connectivity index (χ4n) is 1.55. The molecule has 2 heterocycles. The summed E-state index contributed by atoms with van der Waals surface area (Å²) >= 11 is 1.68. The number of nitrogens with two attached hydrogens (primary N) is 1. The number of thiazole rings is 1. The molecule has 0 aromatic carbocycles. The lowest BCUT2D eigenvalue weighted by atomic mass is 10.2. The molecule has 4 N–H and O–H groups in total. The quantitative estimate of drug-likeness (QED) is 0.755. The number of aryl methyl sites for hydroxylation is 2. The van der Waals surface area contributed by atoms with E-state index in [9.17, 15) is 0 Å². The zero-order valence-electron chi connectivity index (χ0n) is 9.40. The minimum Gasteiger partial charge on any atom is -0.368 e. The Morgan fingerprint density at radius 1 is 1.38 bits per heavy atom. The number of H-pyrrole nitrogens is 1. The third-order valence-electron chi connectivity index (χ3n) is 2.18. The molecular formula is C9H14N6S. The number of hydrogen-bond acceptors (Lipinski definition) is 6. The average molecular weight is 238 g/mol. The van der Waals surface area contributed by atoms with Crippen LogP contribution in [0.3, 0.4) is 0 Å². The summed E-state index contributed by atoms with van der Waals surface area (Å²) in [5.74, 6) is 0.822. The van der Waals surface area contributed by atoms with Crippen LogP contribution in [0.1, 0.15) is 28.5 Å². The zero-order valence-corrected chi connectivity index (χ0v) is 10.2. The van der Waals surface area contributed by atoms with Crippen molar-refractivity contribution in [2.75, 3.05) is 11.1 Å². The number of nitrogens with one attached hydrogen (secondary N) is 2. The van der Waals surface area contributed by atoms with Crippen LogP contribution in [-0.4, -0.2) is 20.2 Å². The van der Waals surface area contributed by atoms with Gasteiger partial charge in [-0.3, -0.25) is 0 Å². The van der Waals surface area contributed by atoms with Crippen molar-refractivity contribution in [1.29, 1.82) is 0 Å². The van der Waals surface area contributed by atoms with Crippen LogP contribution in [0.5, 0.6) is 0 Å². The molecule has 2 aromatic rings. The molecule has 6 nitrogen and oxygen atoms in total. The monoisotopic (exact) mass is 238 g/mol. The van der Waals surface area contributed by atoms with E-state index in [1.807, 2.05) is 20.8 Å². The maximum absolute atomic E-state index is 5.45. The average Bonchev–Trinajstić information content (AvgIpc) is 2.73. The van der Waals surface area contributed by atoms with Crippen LogP contribution >= 0.6 is 11.3 Å². The number of nitrogens with zero attached hydrogens (tertiary/aromatic N) is 3. The summed E-state index contributed by atoms with van der Waals surface area (Å²) in [5, 5.41) is 10.8. The number of aromatic amines is 1. The molecule has 1 atom stereocenters. The Morgan fingerprint density at radius 3 is 2.62 bits per heavy atom. The molecule has 0 bridgehead atoms. The summed E-state index contributed by atoms with van der Waals surface area (Å²) in [5.41, 5.74) is 6.50. The second-order valence-corrected chi connectivity index (χ2v) is 4.83. The van der Waals surface area contributed by atoms with Crippen molar-refractivity contribution in [3.8, 4) is 0 Å². The summed E-state index contributed by atoms with van der Waals surface area (Å²) in [6.45, 7) is 6.05. The number of hydrogen-bond donors (Lipinski definition) is 3. The second kappa shape index (κ2) is 4.09. The van der Waals surface area contributed by atoms with Gasteiger partial charge in [-0.15, -0.1) is 16.4 Å². The lowest BCUT2D eigenvalue weighted by molar-refractivity contribution is 0.867. The fraction of sp³-hybridized carbons (Fsp3) is 0.444. The highest BCUT2D eigenvalue weighted by molar-refractivity contribution is 7.11. The third kappa shape index (κ3) is 2.13. The standard InChI is InChI=1S/C9H14N6S/c1-4-7(16-6(3)11-4)5(2)12-9-13-8(10)14-15-9/h5H,1-3H3,(H4,10,12,13,14,15). The Kier molecular flexibility index (Phi) is 2.78. The molecule has 0 aliphatic heterocycles. The minimum absolute atomic E-state index is 0.126. The van der Waals surface area contributed by atoms with E-state index in [0.717, 1.165) is 10.7 Å². The Hall–Kier alpha value is -1.63. The van der Waals surface area contributed by atoms with Crippen molar-refractivity contribution in [3.63, 3.8) is 0 Å². The fourth-order valence-corrected chi connectivity index (χ4v) is 2.48. The molecule has 1 unspecified atom stereocenters. The molecule has 2 aromatic heterocycles. The molecule has 16 heavy (non-hydrogen) atoms. The van der Waals surface area contributed by atoms with Crippen LogP contribution in [0.4, 0.5) is 11.9 Å². The first kappa shape index (κ1) is 10.9. The highest BCUT2D eigenvalue weighted by Gasteiger charge is 2.14. The molecule has 0 amide bonds. The first-order valence-corrected chi connectivity index (χ1v) is 5.76. The number of nitrogen functional groups attached to an aromatic ring is 1. The molecule has 0 spiro atoms. The van der Waals surface area contributed by atoms with Crippen LogP contribution < -0.4 is 11.1 Å². The predicted molar refractivity (Wildman–Crippen MR) is 64.4 cm³/mol. The molecule has 86 valence electrons. The van der Waals surface area contributed by atoms with Gasteiger partial charge >= 0.3 is 0 Å². The topological polar surface area (TPSA) is 92.5 Å². The van der Waals surface area contributed by atoms with E-state index < -0.39 is 0 Å². The van der Waals surface area contributed by atoms with E-state index in [1.54, 1.807) is 11.3 Å². The van der Waals surface area contributed by atoms with Crippen LogP contribution in [0.25, 0.3) is 0 Å². The first-order valence-electron chi connectivity index (χ1n) is 4.94. The van der Waals surface area contributed by atoms with Gasteiger partial charge in [0.05, 0.1) is 16.7 Å². The van der Waals surface area contributed by atoms with Crippen molar-refractivity contribution < 1.29 is 0 Å². The number of rotatable bonds is 3. The Balaban J connectivity index is 2.14. The van der Waals surface area contributed by atoms with Crippen molar-refractivity contribution >= 4 is 23.2 Å². The van der Waals surface area contributed by atoms with Gasteiger partial charge in [0.15, 0.2) is 0 Å². The van der Waals surface area contributed by atoms with Gasteiger partial charge in [-0.25, -0.2) is 10.1 Å². The summed E-state index contributed by atoms with van der Waals surface area (Å²) in [6, 6.07) is 0.126. The number of anilines is 2. The summed E-state index contributed by atoms with van der Waals surface area (Å²) in [6.07, 6.45) is 0. The van der Waals surface area contributed by atoms with E-state index >= 15 is 0 Å². The van der Waals surface area contributed by atoms with E-state index in [4.69, 9.17) is 5.73 Å². The Morgan fingerprint density at radius 2 is 2.12 bits per heavy atom. The Bertz CT molecular complexity index is 488. The molecule has 2 rings (SSSR count). The maximum atomic E-state index is 5.45. The second-order valence-electron chi connectivity index (χ2n) is 3.59. The summed E-state index contributed by atoms with van der Waals surface area (Å²) in [7, 11) is 0. The number of aromatic nitrogens is 4. The molecular weight excluding hydrogens is 224 g/mol. The van der Waals surface area contributed by atoms with E-state index in [0.29, 0.717) is 11.9 Å². The lowest BCUT2D eigenvalue weighted by Crippen LogP contribution is -2.07. The van der Waals surface area contributed by atoms with Crippen LogP contribution in [0.2, 0.25) is 0 Å². The zero-order chi connectivity index (χ0) is 11.7. The van der Waals surface area contributed by atoms with E-state index in [-0.39, 0.29) is 6.04 Å². The van der Waals surface area contributed by atoms with Gasteiger partial charge in [-0.05, 0) is 20.8 Å². The van der Waals surface area contributed by atoms with Crippen molar-refractivity contribution in [2.45, 2.75) is 26.8 Å². The normalized spacial score (nSPS) is 12.7. The van der Waals surface area contributed by atoms with Gasteiger partial charge < -0.3 is 11.1 Å². The summed E-state index contributed by atoms with van der Waals surface area (Å²) in [4.78, 5) is 9.58. The maximum Gasteiger partial charge on any atom is 0.244 e. The minimum atomic E-state index is 0.126. The molecule has 7 heteroatoms. The van der Waals surface area contributed by atoms with Crippen molar-refractivity contribution in [2.24, 2.45) is 0 Å². The third-order valence-corrected chi connectivity index (χ3v) is 3.44. The van der Waals surface area contributed by atoms with Crippen LogP contribution in [0, 0.1) is 13.8 Å². The van der Waals surface area contributed by atoms with Crippen molar-refractivity contribution in [1.82, 2.24) is 20.2 Å². The largest absolute Gasteiger partial charge is 0.368 e. The molecule has 0 radical (unpaired) electrons. The molecule has 0 fully saturated rings. The highest BCUT2D eigenvalue weighted by Crippen LogP contribution is 2.26. The van der Waals surface area contributed by atoms with E-state index in [1.165, 1.54) is 4.88 Å². The van der Waals surface area contributed by atoms with Gasteiger partial charge in [0, 0.05) is 4.88 Å². The van der Waals surface area contributed by atoms with E-state index in [2.05, 4.69) is 25.5 Å². The van der Waals surface area contributed by atoms with Gasteiger partial charge in [-0.2, -0.15) is 4.98 Å². The van der Waals surface area contributed by atoms with Gasteiger partial charge in [0.25, 0.3) is 0 Å². The first-order chi connectivity index (χ1) is 7.56. The SMILES string of the molecule is Cc1nc(C)c(C(C)Nc2n[nH]c(N)n2)s1. The molecule has 0 saturated carbocycles. The van der Waals surface area contributed by atoms with Gasteiger partial charge in [-0.1, -0.05) is 0 Å². The molecule has 0 aliphatic rings. The van der Waals surface area contributed by atoms with Crippen molar-refractivity contribution in [3.05, 3.63) is 15.6 Å². The Labute approximate surface area is 97.3 Å². The van der Waals surface area contributed by atoms with Crippen LogP contribution in [-0.2, 0) is 0 Å². The van der Waals surface area contributed by atoms with Gasteiger partial charge in [0.2, 0.25) is 11.9 Å². The predicted octanol–water partition coefficient (Wildman–Crippen LogP) is 1.63.